The second kappa shape index (κ2) is 1.76. The Bertz CT molecular complexity index is 250. The van der Waals surface area contributed by atoms with Crippen LogP contribution in [0.15, 0.2) is 12.4 Å². The molecule has 0 saturated heterocycles. The summed E-state index contributed by atoms with van der Waals surface area (Å²) in [5, 5.41) is 4.06. The molecule has 1 aromatic heterocycles. The zero-order valence-electron chi connectivity index (χ0n) is 5.84. The van der Waals surface area contributed by atoms with Gasteiger partial charge in [0, 0.05) is 18.8 Å². The topological polar surface area (TPSA) is 17.8 Å². The third kappa shape index (κ3) is 0.833. The Kier molecular flexibility index (Phi) is 1.09. The molecule has 0 N–H and O–H groups in total. The van der Waals surface area contributed by atoms with Crippen LogP contribution in [0.3, 0.4) is 0 Å². The van der Waals surface area contributed by atoms with E-state index < -0.39 is 0 Å². The highest BCUT2D eigenvalue weighted by molar-refractivity contribution is 6.25. The van der Waals surface area contributed by atoms with E-state index in [0.717, 1.165) is 18.4 Å². The maximum atomic E-state index is 6.13. The van der Waals surface area contributed by atoms with Crippen molar-refractivity contribution in [2.45, 2.75) is 17.7 Å². The van der Waals surface area contributed by atoms with Crippen LogP contribution in [0.4, 0.5) is 0 Å². The Morgan fingerprint density at radius 3 is 2.80 bits per heavy atom. The molecule has 2 nitrogen and oxygen atoms in total. The van der Waals surface area contributed by atoms with Gasteiger partial charge < -0.3 is 0 Å². The number of halogens is 1. The number of nitrogens with zero attached hydrogens (tertiary/aromatic N) is 2. The summed E-state index contributed by atoms with van der Waals surface area (Å²) in [5.74, 6) is 0. The molecule has 1 aliphatic rings. The van der Waals surface area contributed by atoms with Gasteiger partial charge in [0.2, 0.25) is 0 Å². The molecular formula is C7H9ClN2. The Labute approximate surface area is 64.8 Å². The number of hydrogen-bond acceptors (Lipinski definition) is 1. The first-order valence-corrected chi connectivity index (χ1v) is 3.77. The molecule has 3 heteroatoms. The van der Waals surface area contributed by atoms with Gasteiger partial charge in [-0.15, -0.1) is 11.6 Å². The molecule has 0 aliphatic heterocycles. The van der Waals surface area contributed by atoms with E-state index in [-0.39, 0.29) is 4.87 Å². The Morgan fingerprint density at radius 1 is 1.70 bits per heavy atom. The first-order valence-electron chi connectivity index (χ1n) is 3.39. The minimum absolute atomic E-state index is 0.0474. The summed E-state index contributed by atoms with van der Waals surface area (Å²) in [7, 11) is 1.91. The molecule has 0 radical (unpaired) electrons. The van der Waals surface area contributed by atoms with Crippen LogP contribution >= 0.6 is 11.6 Å². The number of hydrogen-bond donors (Lipinski definition) is 0. The van der Waals surface area contributed by atoms with Gasteiger partial charge in [-0.25, -0.2) is 0 Å². The summed E-state index contributed by atoms with van der Waals surface area (Å²) in [6, 6.07) is 0. The van der Waals surface area contributed by atoms with Gasteiger partial charge in [0.25, 0.3) is 0 Å². The van der Waals surface area contributed by atoms with Crippen molar-refractivity contribution < 1.29 is 0 Å². The van der Waals surface area contributed by atoms with Crippen LogP contribution in [-0.4, -0.2) is 9.78 Å². The number of aromatic nitrogens is 2. The van der Waals surface area contributed by atoms with Crippen LogP contribution < -0.4 is 0 Å². The largest absolute Gasteiger partial charge is 0.275 e. The van der Waals surface area contributed by atoms with Gasteiger partial charge in [0.15, 0.2) is 0 Å². The van der Waals surface area contributed by atoms with Crippen molar-refractivity contribution in [3.63, 3.8) is 0 Å². The number of rotatable bonds is 1. The number of alkyl halides is 1. The fourth-order valence-electron chi connectivity index (χ4n) is 1.05. The van der Waals surface area contributed by atoms with Crippen LogP contribution in [0, 0.1) is 0 Å². The van der Waals surface area contributed by atoms with Crippen LogP contribution in [0.2, 0.25) is 0 Å². The molecule has 2 rings (SSSR count). The normalized spacial score (nSPS) is 21.0. The smallest absolute Gasteiger partial charge is 0.0727 e. The average Bonchev–Trinajstić information content (AvgIpc) is 2.45. The summed E-state index contributed by atoms with van der Waals surface area (Å²) in [6.07, 6.45) is 6.03. The van der Waals surface area contributed by atoms with Crippen molar-refractivity contribution in [3.05, 3.63) is 18.0 Å². The Hall–Kier alpha value is -0.500. The SMILES string of the molecule is Cn1cc(C2(Cl)CC2)cn1. The van der Waals surface area contributed by atoms with E-state index in [1.165, 1.54) is 0 Å². The van der Waals surface area contributed by atoms with E-state index >= 15 is 0 Å². The lowest BCUT2D eigenvalue weighted by Crippen LogP contribution is -1.92. The molecule has 0 spiro atoms. The molecule has 0 aromatic carbocycles. The molecule has 10 heavy (non-hydrogen) atoms. The van der Waals surface area contributed by atoms with E-state index in [9.17, 15) is 0 Å². The highest BCUT2D eigenvalue weighted by Crippen LogP contribution is 2.51. The lowest BCUT2D eigenvalue weighted by Gasteiger charge is -1.98. The van der Waals surface area contributed by atoms with E-state index in [4.69, 9.17) is 11.6 Å². The monoisotopic (exact) mass is 156 g/mol. The quantitative estimate of drug-likeness (QED) is 0.566. The molecule has 1 saturated carbocycles. The number of aryl methyl sites for hydroxylation is 1. The summed E-state index contributed by atoms with van der Waals surface area (Å²) in [5.41, 5.74) is 1.16. The maximum absolute atomic E-state index is 6.13. The predicted octanol–water partition coefficient (Wildman–Crippen LogP) is 1.65. The highest BCUT2D eigenvalue weighted by Gasteiger charge is 2.43. The summed E-state index contributed by atoms with van der Waals surface area (Å²) >= 11 is 6.13. The standard InChI is InChI=1S/C7H9ClN2/c1-10-5-6(4-9-10)7(8)2-3-7/h4-5H,2-3H2,1H3. The first kappa shape index (κ1) is 6.23. The van der Waals surface area contributed by atoms with Gasteiger partial charge in [0.1, 0.15) is 0 Å². The van der Waals surface area contributed by atoms with Crippen molar-refractivity contribution in [2.75, 3.05) is 0 Å². The Morgan fingerprint density at radius 2 is 2.40 bits per heavy atom. The zero-order valence-corrected chi connectivity index (χ0v) is 6.60. The van der Waals surface area contributed by atoms with Gasteiger partial charge in [-0.1, -0.05) is 0 Å². The molecule has 0 bridgehead atoms. The highest BCUT2D eigenvalue weighted by atomic mass is 35.5. The first-order chi connectivity index (χ1) is 4.71. The van der Waals surface area contributed by atoms with Gasteiger partial charge >= 0.3 is 0 Å². The summed E-state index contributed by atoms with van der Waals surface area (Å²) in [6.45, 7) is 0. The molecule has 54 valence electrons. The van der Waals surface area contributed by atoms with Crippen LogP contribution in [0.1, 0.15) is 18.4 Å². The molecule has 1 heterocycles. The maximum Gasteiger partial charge on any atom is 0.0727 e. The second-order valence-corrected chi connectivity index (χ2v) is 3.59. The van der Waals surface area contributed by atoms with Gasteiger partial charge in [-0.05, 0) is 12.8 Å². The summed E-state index contributed by atoms with van der Waals surface area (Å²) < 4.78 is 1.79. The summed E-state index contributed by atoms with van der Waals surface area (Å²) in [4.78, 5) is -0.0474. The minimum atomic E-state index is -0.0474. The van der Waals surface area contributed by atoms with Crippen molar-refractivity contribution in [1.82, 2.24) is 9.78 Å². The lowest BCUT2D eigenvalue weighted by atomic mass is 10.2. The fourth-order valence-corrected chi connectivity index (χ4v) is 1.24. The Balaban J connectivity index is 2.34. The molecule has 1 aromatic rings. The third-order valence-corrected chi connectivity index (χ3v) is 2.51. The van der Waals surface area contributed by atoms with Crippen LogP contribution in [-0.2, 0) is 11.9 Å². The second-order valence-electron chi connectivity index (χ2n) is 2.87. The lowest BCUT2D eigenvalue weighted by molar-refractivity contribution is 0.766. The van der Waals surface area contributed by atoms with Gasteiger partial charge in [0.05, 0.1) is 11.1 Å². The zero-order chi connectivity index (χ0) is 7.19. The third-order valence-electron chi connectivity index (χ3n) is 1.91. The van der Waals surface area contributed by atoms with E-state index in [1.807, 2.05) is 19.4 Å². The van der Waals surface area contributed by atoms with Gasteiger partial charge in [-0.2, -0.15) is 5.10 Å². The average molecular weight is 157 g/mol. The molecule has 0 amide bonds. The fraction of sp³-hybridized carbons (Fsp3) is 0.571. The van der Waals surface area contributed by atoms with Gasteiger partial charge in [-0.3, -0.25) is 4.68 Å². The molecule has 1 aliphatic carbocycles. The van der Waals surface area contributed by atoms with E-state index in [0.29, 0.717) is 0 Å². The molecular weight excluding hydrogens is 148 g/mol. The predicted molar refractivity (Wildman–Crippen MR) is 40.0 cm³/mol. The van der Waals surface area contributed by atoms with Crippen LogP contribution in [0.25, 0.3) is 0 Å². The minimum Gasteiger partial charge on any atom is -0.275 e. The molecule has 0 unspecified atom stereocenters. The van der Waals surface area contributed by atoms with Crippen molar-refractivity contribution in [2.24, 2.45) is 7.05 Å². The van der Waals surface area contributed by atoms with Crippen molar-refractivity contribution in [1.29, 1.82) is 0 Å². The van der Waals surface area contributed by atoms with Crippen molar-refractivity contribution >= 4 is 11.6 Å². The van der Waals surface area contributed by atoms with Crippen molar-refractivity contribution in [3.8, 4) is 0 Å². The molecule has 0 atom stereocenters. The van der Waals surface area contributed by atoms with Crippen LogP contribution in [0.5, 0.6) is 0 Å². The molecule has 1 fully saturated rings. The van der Waals surface area contributed by atoms with E-state index in [1.54, 1.807) is 4.68 Å². The van der Waals surface area contributed by atoms with E-state index in [2.05, 4.69) is 5.10 Å².